The number of carbonyl (C=O) groups excluding carboxylic acids is 2. The number of amides is 1. The molecule has 1 amide bonds. The van der Waals surface area contributed by atoms with Crippen LogP contribution < -0.4 is 4.74 Å². The van der Waals surface area contributed by atoms with Crippen molar-refractivity contribution < 1.29 is 24.2 Å². The van der Waals surface area contributed by atoms with Crippen molar-refractivity contribution in [2.75, 3.05) is 26.8 Å². The number of hydrogen-bond acceptors (Lipinski definition) is 5. The summed E-state index contributed by atoms with van der Waals surface area (Å²) in [5.74, 6) is 0.0108. The van der Waals surface area contributed by atoms with E-state index in [0.717, 1.165) is 5.56 Å². The van der Waals surface area contributed by atoms with E-state index in [9.17, 15) is 9.59 Å². The number of esters is 1. The highest BCUT2D eigenvalue weighted by Gasteiger charge is 2.16. The fraction of sp³-hybridized carbons (Fsp3) is 0.300. The van der Waals surface area contributed by atoms with Crippen molar-refractivity contribution in [1.29, 1.82) is 0 Å². The summed E-state index contributed by atoms with van der Waals surface area (Å²) < 4.78 is 10.3. The lowest BCUT2D eigenvalue weighted by Gasteiger charge is -2.21. The fourth-order valence-electron chi connectivity index (χ4n) is 2.38. The summed E-state index contributed by atoms with van der Waals surface area (Å²) in [7, 11) is 1.30. The second kappa shape index (κ2) is 10.2. The molecule has 0 heterocycles. The van der Waals surface area contributed by atoms with Crippen LogP contribution in [-0.4, -0.2) is 48.7 Å². The van der Waals surface area contributed by atoms with Gasteiger partial charge in [0, 0.05) is 18.7 Å². The van der Waals surface area contributed by atoms with Crippen molar-refractivity contribution in [1.82, 2.24) is 4.90 Å². The first-order valence-corrected chi connectivity index (χ1v) is 8.37. The number of methoxy groups -OCH3 is 1. The molecule has 2 aromatic carbocycles. The molecule has 6 heteroatoms. The maximum Gasteiger partial charge on any atom is 0.307 e. The summed E-state index contributed by atoms with van der Waals surface area (Å²) in [6, 6.07) is 16.6. The molecule has 2 rings (SSSR count). The molecule has 0 aliphatic carbocycles. The monoisotopic (exact) mass is 357 g/mol. The molecule has 0 radical (unpaired) electrons. The van der Waals surface area contributed by atoms with Crippen LogP contribution in [0.1, 0.15) is 22.3 Å². The van der Waals surface area contributed by atoms with Crippen LogP contribution in [0, 0.1) is 0 Å². The number of carbonyl (C=O) groups is 2. The second-order valence-electron chi connectivity index (χ2n) is 5.64. The van der Waals surface area contributed by atoms with Crippen LogP contribution in [0.2, 0.25) is 0 Å². The topological polar surface area (TPSA) is 76.1 Å². The first-order valence-electron chi connectivity index (χ1n) is 8.37. The van der Waals surface area contributed by atoms with E-state index >= 15 is 0 Å². The molecule has 6 nitrogen and oxygen atoms in total. The summed E-state index contributed by atoms with van der Waals surface area (Å²) in [6.45, 7) is 0.621. The number of rotatable bonds is 9. The second-order valence-corrected chi connectivity index (χ2v) is 5.64. The normalized spacial score (nSPS) is 10.2. The van der Waals surface area contributed by atoms with Crippen molar-refractivity contribution >= 4 is 11.9 Å². The number of aliphatic hydroxyl groups excluding tert-OH is 1. The van der Waals surface area contributed by atoms with E-state index < -0.39 is 5.97 Å². The van der Waals surface area contributed by atoms with Gasteiger partial charge >= 0.3 is 5.97 Å². The Morgan fingerprint density at radius 3 is 2.31 bits per heavy atom. The molecular formula is C20H23NO5. The highest BCUT2D eigenvalue weighted by molar-refractivity contribution is 5.94. The van der Waals surface area contributed by atoms with Crippen LogP contribution in [0.4, 0.5) is 0 Å². The Hall–Kier alpha value is -2.86. The van der Waals surface area contributed by atoms with Crippen LogP contribution in [0.3, 0.4) is 0 Å². The molecule has 0 atom stereocenters. The molecule has 138 valence electrons. The van der Waals surface area contributed by atoms with E-state index in [4.69, 9.17) is 9.84 Å². The molecule has 1 N–H and O–H groups in total. The van der Waals surface area contributed by atoms with Crippen LogP contribution in [0.5, 0.6) is 5.75 Å². The van der Waals surface area contributed by atoms with Crippen molar-refractivity contribution in [2.45, 2.75) is 13.0 Å². The summed E-state index contributed by atoms with van der Waals surface area (Å²) >= 11 is 0. The maximum absolute atomic E-state index is 12.5. The zero-order valence-electron chi connectivity index (χ0n) is 14.8. The SMILES string of the molecule is COC(=O)CCN(CCO)C(=O)c1ccc(OCc2ccccc2)cc1. The Bertz CT molecular complexity index is 700. The lowest BCUT2D eigenvalue weighted by Crippen LogP contribution is -2.35. The molecule has 0 spiro atoms. The number of benzene rings is 2. The number of nitrogens with zero attached hydrogens (tertiary/aromatic N) is 1. The van der Waals surface area contributed by atoms with Gasteiger partial charge in [0.2, 0.25) is 0 Å². The first kappa shape index (κ1) is 19.5. The van der Waals surface area contributed by atoms with Crippen LogP contribution in [0.25, 0.3) is 0 Å². The van der Waals surface area contributed by atoms with Gasteiger partial charge in [-0.25, -0.2) is 0 Å². The van der Waals surface area contributed by atoms with Gasteiger partial charge < -0.3 is 19.5 Å². The third kappa shape index (κ3) is 5.89. The number of aliphatic hydroxyl groups is 1. The van der Waals surface area contributed by atoms with E-state index in [2.05, 4.69) is 4.74 Å². The van der Waals surface area contributed by atoms with E-state index in [1.165, 1.54) is 12.0 Å². The minimum Gasteiger partial charge on any atom is -0.489 e. The molecule has 0 saturated heterocycles. The first-order chi connectivity index (χ1) is 12.6. The lowest BCUT2D eigenvalue weighted by molar-refractivity contribution is -0.140. The molecule has 0 aromatic heterocycles. The van der Waals surface area contributed by atoms with Gasteiger partial charge in [0.15, 0.2) is 0 Å². The smallest absolute Gasteiger partial charge is 0.307 e. The van der Waals surface area contributed by atoms with Crippen LogP contribution in [-0.2, 0) is 16.1 Å². The predicted molar refractivity (Wildman–Crippen MR) is 96.8 cm³/mol. The third-order valence-corrected chi connectivity index (χ3v) is 3.82. The van der Waals surface area contributed by atoms with E-state index in [0.29, 0.717) is 17.9 Å². The molecule has 0 unspecified atom stereocenters. The summed E-state index contributed by atoms with van der Waals surface area (Å²) in [6.07, 6.45) is 0.0838. The van der Waals surface area contributed by atoms with Gasteiger partial charge in [0.25, 0.3) is 5.91 Å². The van der Waals surface area contributed by atoms with Crippen LogP contribution >= 0.6 is 0 Å². The minimum absolute atomic E-state index is 0.0838. The standard InChI is InChI=1S/C20H23NO5/c1-25-19(23)11-12-21(13-14-22)20(24)17-7-9-18(10-8-17)26-15-16-5-3-2-4-6-16/h2-10,22H,11-15H2,1H3. The molecule has 26 heavy (non-hydrogen) atoms. The molecule has 0 bridgehead atoms. The third-order valence-electron chi connectivity index (χ3n) is 3.82. The molecule has 0 fully saturated rings. The van der Waals surface area contributed by atoms with Gasteiger partial charge in [-0.3, -0.25) is 9.59 Å². The summed E-state index contributed by atoms with van der Waals surface area (Å²) in [5.41, 5.74) is 1.53. The maximum atomic E-state index is 12.5. The Balaban J connectivity index is 1.95. The average Bonchev–Trinajstić information content (AvgIpc) is 2.70. The van der Waals surface area contributed by atoms with Crippen molar-refractivity contribution in [3.63, 3.8) is 0 Å². The van der Waals surface area contributed by atoms with Gasteiger partial charge in [-0.15, -0.1) is 0 Å². The van der Waals surface area contributed by atoms with Crippen molar-refractivity contribution in [2.24, 2.45) is 0 Å². The van der Waals surface area contributed by atoms with Gasteiger partial charge in [-0.1, -0.05) is 30.3 Å². The molecule has 0 aliphatic heterocycles. The van der Waals surface area contributed by atoms with Gasteiger partial charge in [-0.05, 0) is 29.8 Å². The summed E-state index contributed by atoms with van der Waals surface area (Å²) in [4.78, 5) is 25.2. The van der Waals surface area contributed by atoms with Gasteiger partial charge in [0.1, 0.15) is 12.4 Å². The van der Waals surface area contributed by atoms with Crippen molar-refractivity contribution in [3.05, 3.63) is 65.7 Å². The Morgan fingerprint density at radius 2 is 1.69 bits per heavy atom. The van der Waals surface area contributed by atoms with Gasteiger partial charge in [-0.2, -0.15) is 0 Å². The summed E-state index contributed by atoms with van der Waals surface area (Å²) in [5, 5.41) is 9.15. The fourth-order valence-corrected chi connectivity index (χ4v) is 2.38. The minimum atomic E-state index is -0.398. The van der Waals surface area contributed by atoms with Gasteiger partial charge in [0.05, 0.1) is 20.1 Å². The number of hydrogen-bond donors (Lipinski definition) is 1. The zero-order valence-corrected chi connectivity index (χ0v) is 14.8. The van der Waals surface area contributed by atoms with E-state index in [1.54, 1.807) is 24.3 Å². The highest BCUT2D eigenvalue weighted by Crippen LogP contribution is 2.16. The predicted octanol–water partition coefficient (Wildman–Crippen LogP) is 2.26. The Labute approximate surface area is 153 Å². The van der Waals surface area contributed by atoms with Crippen LogP contribution in [0.15, 0.2) is 54.6 Å². The Kier molecular flexibility index (Phi) is 7.64. The highest BCUT2D eigenvalue weighted by atomic mass is 16.5. The van der Waals surface area contributed by atoms with E-state index in [1.807, 2.05) is 30.3 Å². The Morgan fingerprint density at radius 1 is 1.00 bits per heavy atom. The zero-order chi connectivity index (χ0) is 18.8. The van der Waals surface area contributed by atoms with Crippen molar-refractivity contribution in [3.8, 4) is 5.75 Å². The molecule has 0 saturated carbocycles. The largest absolute Gasteiger partial charge is 0.489 e. The molecule has 0 aliphatic rings. The van der Waals surface area contributed by atoms with E-state index in [-0.39, 0.29) is 32.0 Å². The quantitative estimate of drug-likeness (QED) is 0.697. The average molecular weight is 357 g/mol. The number of ether oxygens (including phenoxy) is 2. The molecule has 2 aromatic rings. The lowest BCUT2D eigenvalue weighted by atomic mass is 10.2. The molecular weight excluding hydrogens is 334 g/mol.